The first-order valence-electron chi connectivity index (χ1n) is 27.8. The fourth-order valence-corrected chi connectivity index (χ4v) is 19.2. The fraction of sp³-hybridized carbons (Fsp3) is 0.945. The number of hydrogen-bond donors (Lipinski definition) is 7. The lowest BCUT2D eigenvalue weighted by atomic mass is 9.43. The van der Waals surface area contributed by atoms with Crippen LogP contribution in [0.2, 0.25) is 0 Å². The number of carboxylic acids is 1. The molecule has 14 nitrogen and oxygen atoms in total. The van der Waals surface area contributed by atoms with Gasteiger partial charge in [-0.2, -0.15) is 8.42 Å². The highest BCUT2D eigenvalue weighted by Crippen LogP contribution is 2.70. The van der Waals surface area contributed by atoms with Gasteiger partial charge in [-0.15, -0.1) is 0 Å². The fourth-order valence-electron chi connectivity index (χ4n) is 18.7. The molecule has 70 heavy (non-hydrogen) atoms. The molecule has 21 atom stereocenters. The van der Waals surface area contributed by atoms with Crippen molar-refractivity contribution in [1.82, 2.24) is 9.80 Å². The largest absolute Gasteiger partial charge is 0.480 e. The SMILES string of the molecule is CCN(CCS(=O)(=O)O)C(=O)CC[C@@H](C)[C@H]1CC[C@H]2[C@@H]3[C@@H](O)C[C@@H]4C[C@H](O)CC[C@]4(C)[C@H]3CC[C@]12C.C[C@H](CCC(=O)N(C)CC(=O)O)[C@H]1CC[C@H]2[C@@H]3[C@H](O)C[C@@H]4C[C@H](O)CC[C@]4(C)[C@H]3C[C@H](O)[C@]12C. The Morgan fingerprint density at radius 1 is 0.629 bits per heavy atom. The standard InChI is InChI=1S/C28H49NO6S.C27H45NO6/c1-5-29(14-15-36(33,34)35)25(32)9-6-18(2)21-7-8-22-26-23(11-13-28(21,22)4)27(3)12-10-20(30)16-19(27)17-24(26)31;1-15(5-8-23(32)28(4)14-24(33)34)18-6-7-19-25-20(13-22(31)27(18,19)3)26(2)10-9-17(29)11-16(26)12-21(25)30/h18-24,26,30-31H,5-17H2,1-4H3,(H,33,34,35);15-22,25,29-31H,5-14H2,1-4H3,(H,33,34)/t18-,19+,20-,21-,22+,23+,24+,26+,27+,28-;15-,16+,17-,18-,19+,20+,21-,22+,25+,26+,27-/m11/s1. The number of carboxylic acid groups (broad SMARTS) is 1. The van der Waals surface area contributed by atoms with Gasteiger partial charge in [0.2, 0.25) is 11.8 Å². The van der Waals surface area contributed by atoms with E-state index in [0.717, 1.165) is 89.9 Å². The number of carbonyl (C=O) groups is 3. The Kier molecular flexibility index (Phi) is 17.1. The van der Waals surface area contributed by atoms with Crippen molar-refractivity contribution in [3.8, 4) is 0 Å². The first-order chi connectivity index (χ1) is 32.7. The molecule has 8 rings (SSSR count). The molecular weight excluding hydrogens is 913 g/mol. The molecule has 8 aliphatic rings. The van der Waals surface area contributed by atoms with Gasteiger partial charge < -0.3 is 40.4 Å². The molecule has 0 unspecified atom stereocenters. The molecule has 8 aliphatic carbocycles. The summed E-state index contributed by atoms with van der Waals surface area (Å²) in [5, 5.41) is 63.9. The molecule has 402 valence electrons. The van der Waals surface area contributed by atoms with Crippen molar-refractivity contribution in [1.29, 1.82) is 0 Å². The van der Waals surface area contributed by atoms with Gasteiger partial charge in [-0.25, -0.2) is 0 Å². The van der Waals surface area contributed by atoms with Gasteiger partial charge in [0.25, 0.3) is 10.1 Å². The molecule has 0 bridgehead atoms. The first kappa shape index (κ1) is 55.9. The normalized spacial score (nSPS) is 44.9. The van der Waals surface area contributed by atoms with Crippen LogP contribution in [0.15, 0.2) is 0 Å². The second-order valence-corrected chi connectivity index (χ2v) is 27.5. The summed E-state index contributed by atoms with van der Waals surface area (Å²) in [7, 11) is -2.55. The van der Waals surface area contributed by atoms with Crippen LogP contribution >= 0.6 is 0 Å². The monoisotopic (exact) mass is 1010 g/mol. The van der Waals surface area contributed by atoms with E-state index >= 15 is 0 Å². The average Bonchev–Trinajstić information content (AvgIpc) is 3.83. The summed E-state index contributed by atoms with van der Waals surface area (Å²) in [5.74, 6) is 2.64. The van der Waals surface area contributed by atoms with E-state index in [9.17, 15) is 48.3 Å². The van der Waals surface area contributed by atoms with E-state index in [1.807, 2.05) is 6.92 Å². The quantitative estimate of drug-likeness (QED) is 0.0869. The highest BCUT2D eigenvalue weighted by Gasteiger charge is 2.66. The summed E-state index contributed by atoms with van der Waals surface area (Å²) in [4.78, 5) is 38.9. The molecule has 0 aliphatic heterocycles. The topological polar surface area (TPSA) is 233 Å². The summed E-state index contributed by atoms with van der Waals surface area (Å²) in [6.45, 7) is 15.9. The first-order valence-corrected chi connectivity index (χ1v) is 29.4. The molecule has 15 heteroatoms. The van der Waals surface area contributed by atoms with Gasteiger partial charge in [0, 0.05) is 33.0 Å². The van der Waals surface area contributed by atoms with Crippen molar-refractivity contribution < 1.29 is 58.0 Å². The summed E-state index contributed by atoms with van der Waals surface area (Å²) in [5.41, 5.74) is 0.189. The van der Waals surface area contributed by atoms with Crippen molar-refractivity contribution in [2.24, 2.45) is 92.7 Å². The van der Waals surface area contributed by atoms with Crippen LogP contribution in [0.1, 0.15) is 170 Å². The number of aliphatic hydroxyl groups is 5. The molecule has 0 heterocycles. The van der Waals surface area contributed by atoms with Gasteiger partial charge in [0.15, 0.2) is 0 Å². The van der Waals surface area contributed by atoms with Crippen molar-refractivity contribution in [3.63, 3.8) is 0 Å². The summed E-state index contributed by atoms with van der Waals surface area (Å²) in [6, 6.07) is 0. The van der Waals surface area contributed by atoms with Gasteiger partial charge >= 0.3 is 5.97 Å². The zero-order valence-corrected chi connectivity index (χ0v) is 44.9. The Hall–Kier alpha value is -1.88. The lowest BCUT2D eigenvalue weighted by Gasteiger charge is -2.63. The Labute approximate surface area is 420 Å². The van der Waals surface area contributed by atoms with E-state index in [4.69, 9.17) is 9.66 Å². The van der Waals surface area contributed by atoms with Crippen LogP contribution in [-0.4, -0.2) is 134 Å². The van der Waals surface area contributed by atoms with Crippen LogP contribution in [0.3, 0.4) is 0 Å². The molecule has 2 amide bonds. The van der Waals surface area contributed by atoms with E-state index in [-0.39, 0.29) is 101 Å². The summed E-state index contributed by atoms with van der Waals surface area (Å²) in [6.07, 6.45) is 14.8. The van der Waals surface area contributed by atoms with Crippen molar-refractivity contribution in [2.45, 2.75) is 201 Å². The van der Waals surface area contributed by atoms with E-state index in [2.05, 4.69) is 41.5 Å². The zero-order chi connectivity index (χ0) is 51.5. The number of amides is 2. The van der Waals surface area contributed by atoms with Crippen molar-refractivity contribution in [3.05, 3.63) is 0 Å². The molecule has 0 spiro atoms. The second-order valence-electron chi connectivity index (χ2n) is 25.9. The predicted octanol–water partition coefficient (Wildman–Crippen LogP) is 7.04. The highest BCUT2D eigenvalue weighted by atomic mass is 32.2. The Balaban J connectivity index is 0.000000207. The van der Waals surface area contributed by atoms with E-state index < -0.39 is 27.9 Å². The third kappa shape index (κ3) is 10.7. The minimum atomic E-state index is -4.08. The lowest BCUT2D eigenvalue weighted by molar-refractivity contribution is -0.207. The van der Waals surface area contributed by atoms with E-state index in [0.29, 0.717) is 73.7 Å². The number of nitrogens with zero attached hydrogens (tertiary/aromatic N) is 2. The number of hydrogen-bond acceptors (Lipinski definition) is 10. The van der Waals surface area contributed by atoms with Crippen LogP contribution < -0.4 is 0 Å². The highest BCUT2D eigenvalue weighted by molar-refractivity contribution is 7.85. The predicted molar refractivity (Wildman–Crippen MR) is 267 cm³/mol. The number of carbonyl (C=O) groups excluding carboxylic acids is 2. The van der Waals surface area contributed by atoms with Crippen molar-refractivity contribution >= 4 is 27.9 Å². The average molecular weight is 1010 g/mol. The van der Waals surface area contributed by atoms with Crippen LogP contribution in [0, 0.1) is 92.7 Å². The minimum absolute atomic E-state index is 0.0313. The number of aliphatic hydroxyl groups excluding tert-OH is 5. The van der Waals surface area contributed by atoms with Crippen molar-refractivity contribution in [2.75, 3.05) is 32.4 Å². The molecular formula is C55H94N2O12S. The van der Waals surface area contributed by atoms with Gasteiger partial charge in [-0.05, 0) is 209 Å². The molecule has 0 aromatic rings. The minimum Gasteiger partial charge on any atom is -0.480 e. The van der Waals surface area contributed by atoms with Crippen LogP contribution in [0.4, 0.5) is 0 Å². The second kappa shape index (κ2) is 21.4. The molecule has 0 aromatic carbocycles. The van der Waals surface area contributed by atoms with Crippen LogP contribution in [-0.2, 0) is 24.5 Å². The number of aliphatic carboxylic acids is 1. The lowest BCUT2D eigenvalue weighted by Crippen LogP contribution is -2.62. The van der Waals surface area contributed by atoms with E-state index in [1.54, 1.807) is 0 Å². The molecule has 0 radical (unpaired) electrons. The maximum absolute atomic E-state index is 12.8. The van der Waals surface area contributed by atoms with Gasteiger partial charge in [-0.1, -0.05) is 41.5 Å². The number of likely N-dealkylation sites (N-methyl/N-ethyl adjacent to an activating group) is 1. The van der Waals surface area contributed by atoms with Gasteiger partial charge in [0.05, 0.1) is 36.3 Å². The van der Waals surface area contributed by atoms with E-state index in [1.165, 1.54) is 23.3 Å². The Morgan fingerprint density at radius 2 is 1.11 bits per heavy atom. The third-order valence-electron chi connectivity index (χ3n) is 22.7. The van der Waals surface area contributed by atoms with Crippen LogP contribution in [0.25, 0.3) is 0 Å². The molecule has 0 saturated heterocycles. The smallest absolute Gasteiger partial charge is 0.323 e. The summed E-state index contributed by atoms with van der Waals surface area (Å²) < 4.78 is 31.3. The van der Waals surface area contributed by atoms with Gasteiger partial charge in [0.1, 0.15) is 6.54 Å². The molecule has 7 N–H and O–H groups in total. The Bertz CT molecular complexity index is 1970. The number of fused-ring (bicyclic) bond motifs is 10. The summed E-state index contributed by atoms with van der Waals surface area (Å²) >= 11 is 0. The maximum atomic E-state index is 12.8. The Morgan fingerprint density at radius 3 is 1.67 bits per heavy atom. The van der Waals surface area contributed by atoms with Gasteiger partial charge in [-0.3, -0.25) is 18.9 Å². The maximum Gasteiger partial charge on any atom is 0.323 e. The number of rotatable bonds is 14. The molecule has 8 fully saturated rings. The third-order valence-corrected chi connectivity index (χ3v) is 23.4. The van der Waals surface area contributed by atoms with Crippen LogP contribution in [0.5, 0.6) is 0 Å². The zero-order valence-electron chi connectivity index (χ0n) is 44.1. The molecule has 8 saturated carbocycles. The molecule has 0 aromatic heterocycles.